The fourth-order valence-electron chi connectivity index (χ4n) is 2.42. The molecule has 0 spiro atoms. The first-order chi connectivity index (χ1) is 10.9. The molecule has 0 bridgehead atoms. The fourth-order valence-corrected chi connectivity index (χ4v) is 2.87. The van der Waals surface area contributed by atoms with Crippen molar-refractivity contribution in [2.75, 3.05) is 11.9 Å². The van der Waals surface area contributed by atoms with Crippen LogP contribution >= 0.6 is 23.8 Å². The van der Waals surface area contributed by atoms with Crippen LogP contribution in [0.2, 0.25) is 5.02 Å². The third kappa shape index (κ3) is 2.66. The Kier molecular flexibility index (Phi) is 3.78. The van der Waals surface area contributed by atoms with Gasteiger partial charge in [0.2, 0.25) is 0 Å². The first-order valence-corrected chi connectivity index (χ1v) is 7.37. The average molecular weight is 352 g/mol. The van der Waals surface area contributed by atoms with Crippen LogP contribution in [0.25, 0.3) is 5.57 Å². The number of nitrogens with zero attached hydrogens (tertiary/aromatic N) is 1. The van der Waals surface area contributed by atoms with Crippen molar-refractivity contribution in [3.63, 3.8) is 0 Å². The molecule has 2 aliphatic heterocycles. The number of nitrogens with one attached hydrogen (secondary N) is 2. The molecular formula is C14H10ClN3O4S. The molecule has 2 heterocycles. The first kappa shape index (κ1) is 15.4. The second-order valence-corrected chi connectivity index (χ2v) is 5.75. The Bertz CT molecular complexity index is 805. The van der Waals surface area contributed by atoms with Crippen molar-refractivity contribution >= 4 is 58.0 Å². The van der Waals surface area contributed by atoms with E-state index in [4.69, 9.17) is 28.9 Å². The molecule has 9 heteroatoms. The maximum atomic E-state index is 12.5. The molecule has 0 unspecified atom stereocenters. The Morgan fingerprint density at radius 3 is 2.74 bits per heavy atom. The van der Waals surface area contributed by atoms with E-state index in [1.807, 2.05) is 0 Å². The van der Waals surface area contributed by atoms with Gasteiger partial charge in [0.25, 0.3) is 11.8 Å². The lowest BCUT2D eigenvalue weighted by Gasteiger charge is -2.11. The van der Waals surface area contributed by atoms with Crippen molar-refractivity contribution in [3.05, 3.63) is 34.5 Å². The summed E-state index contributed by atoms with van der Waals surface area (Å²) in [5, 5.41) is 14.6. The van der Waals surface area contributed by atoms with Crippen LogP contribution in [0.4, 0.5) is 5.69 Å². The number of benzene rings is 1. The second-order valence-electron chi connectivity index (χ2n) is 4.92. The van der Waals surface area contributed by atoms with Gasteiger partial charge in [-0.2, -0.15) is 0 Å². The van der Waals surface area contributed by atoms with Gasteiger partial charge >= 0.3 is 5.97 Å². The minimum atomic E-state index is -1.04. The van der Waals surface area contributed by atoms with Crippen LogP contribution in [0.1, 0.15) is 12.0 Å². The number of hydrogen-bond donors (Lipinski definition) is 3. The van der Waals surface area contributed by atoms with Crippen LogP contribution in [-0.2, 0) is 14.4 Å². The molecule has 7 nitrogen and oxygen atoms in total. The first-order valence-electron chi connectivity index (χ1n) is 6.58. The molecule has 3 rings (SSSR count). The molecule has 1 fully saturated rings. The highest BCUT2D eigenvalue weighted by molar-refractivity contribution is 7.80. The maximum Gasteiger partial charge on any atom is 0.305 e. The van der Waals surface area contributed by atoms with Gasteiger partial charge in [-0.1, -0.05) is 11.6 Å². The molecule has 3 N–H and O–H groups in total. The topological polar surface area (TPSA) is 98.7 Å². The Labute approximate surface area is 140 Å². The lowest BCUT2D eigenvalue weighted by atomic mass is 10.0. The van der Waals surface area contributed by atoms with Crippen LogP contribution < -0.4 is 10.6 Å². The van der Waals surface area contributed by atoms with Crippen molar-refractivity contribution < 1.29 is 19.5 Å². The molecule has 23 heavy (non-hydrogen) atoms. The molecule has 118 valence electrons. The molecule has 2 aliphatic rings. The zero-order valence-corrected chi connectivity index (χ0v) is 13.1. The number of carbonyl (C=O) groups is 3. The third-order valence-corrected chi connectivity index (χ3v) is 4.02. The van der Waals surface area contributed by atoms with Gasteiger partial charge in [0.15, 0.2) is 5.11 Å². The maximum absolute atomic E-state index is 12.5. The highest BCUT2D eigenvalue weighted by Gasteiger charge is 2.38. The van der Waals surface area contributed by atoms with Gasteiger partial charge in [0.1, 0.15) is 5.70 Å². The zero-order valence-electron chi connectivity index (χ0n) is 11.6. The standard InChI is InChI=1S/C14H10ClN3O4S/c15-6-1-2-8-7(5-6)10(12(21)16-8)11-13(22)18(14(23)17-11)4-3-9(19)20/h1-2,5H,3-4H2,(H,16,21)(H,17,23)(H,19,20)/b11-10-. The van der Waals surface area contributed by atoms with Crippen molar-refractivity contribution in [1.82, 2.24) is 10.2 Å². The number of fused-ring (bicyclic) bond motifs is 1. The fraction of sp³-hybridized carbons (Fsp3) is 0.143. The number of amides is 2. The Morgan fingerprint density at radius 1 is 1.30 bits per heavy atom. The molecule has 0 aromatic heterocycles. The number of carboxylic acid groups (broad SMARTS) is 1. The largest absolute Gasteiger partial charge is 0.481 e. The molecule has 1 saturated heterocycles. The van der Waals surface area contributed by atoms with Crippen LogP contribution in [0, 0.1) is 0 Å². The zero-order chi connectivity index (χ0) is 16.7. The van der Waals surface area contributed by atoms with E-state index in [1.54, 1.807) is 18.2 Å². The van der Waals surface area contributed by atoms with Gasteiger partial charge in [0, 0.05) is 22.8 Å². The lowest BCUT2D eigenvalue weighted by molar-refractivity contribution is -0.137. The number of carboxylic acids is 1. The van der Waals surface area contributed by atoms with Crippen molar-refractivity contribution in [2.24, 2.45) is 0 Å². The minimum absolute atomic E-state index is 0.0268. The molecule has 0 saturated carbocycles. The number of aliphatic carboxylic acids is 1. The third-order valence-electron chi connectivity index (χ3n) is 3.46. The Morgan fingerprint density at radius 2 is 2.04 bits per heavy atom. The molecule has 2 amide bonds. The number of thiocarbonyl (C=S) groups is 1. The number of hydrogen-bond acceptors (Lipinski definition) is 4. The molecule has 1 aromatic rings. The Hall–Kier alpha value is -2.45. The number of halogens is 1. The van der Waals surface area contributed by atoms with E-state index >= 15 is 0 Å². The SMILES string of the molecule is O=C(O)CCN1C(=O)/C(=C2/C(=O)Nc3ccc(Cl)cc32)NC1=S. The normalized spacial score (nSPS) is 19.7. The van der Waals surface area contributed by atoms with Gasteiger partial charge in [0.05, 0.1) is 12.0 Å². The van der Waals surface area contributed by atoms with Crippen LogP contribution in [0.15, 0.2) is 23.9 Å². The molecule has 0 atom stereocenters. The molecule has 0 radical (unpaired) electrons. The molecular weight excluding hydrogens is 342 g/mol. The van der Waals surface area contributed by atoms with Gasteiger partial charge in [-0.25, -0.2) is 0 Å². The molecule has 1 aromatic carbocycles. The van der Waals surface area contributed by atoms with Crippen molar-refractivity contribution in [3.8, 4) is 0 Å². The summed E-state index contributed by atoms with van der Waals surface area (Å²) in [7, 11) is 0. The number of anilines is 1. The monoisotopic (exact) mass is 351 g/mol. The van der Waals surface area contributed by atoms with Crippen LogP contribution in [0.5, 0.6) is 0 Å². The minimum Gasteiger partial charge on any atom is -0.481 e. The van der Waals surface area contributed by atoms with Gasteiger partial charge in [-0.3, -0.25) is 19.3 Å². The van der Waals surface area contributed by atoms with Gasteiger partial charge in [-0.15, -0.1) is 0 Å². The summed E-state index contributed by atoms with van der Waals surface area (Å²) < 4.78 is 0. The summed E-state index contributed by atoms with van der Waals surface area (Å²) in [5.41, 5.74) is 1.22. The van der Waals surface area contributed by atoms with E-state index in [2.05, 4.69) is 10.6 Å². The van der Waals surface area contributed by atoms with E-state index in [1.165, 1.54) is 0 Å². The van der Waals surface area contributed by atoms with Crippen LogP contribution in [0.3, 0.4) is 0 Å². The van der Waals surface area contributed by atoms with Gasteiger partial charge < -0.3 is 15.7 Å². The summed E-state index contributed by atoms with van der Waals surface area (Å²) in [5.74, 6) is -2.02. The van der Waals surface area contributed by atoms with E-state index in [9.17, 15) is 14.4 Å². The molecule has 0 aliphatic carbocycles. The predicted octanol–water partition coefficient (Wildman–Crippen LogP) is 1.19. The smallest absolute Gasteiger partial charge is 0.305 e. The number of carbonyl (C=O) groups excluding carboxylic acids is 2. The van der Waals surface area contributed by atoms with Crippen molar-refractivity contribution in [2.45, 2.75) is 6.42 Å². The van der Waals surface area contributed by atoms with E-state index in [-0.39, 0.29) is 29.3 Å². The van der Waals surface area contributed by atoms with Crippen LogP contribution in [-0.4, -0.2) is 39.4 Å². The summed E-state index contributed by atoms with van der Waals surface area (Å²) in [4.78, 5) is 36.5. The summed E-state index contributed by atoms with van der Waals surface area (Å²) in [6, 6.07) is 4.85. The van der Waals surface area contributed by atoms with E-state index < -0.39 is 17.8 Å². The van der Waals surface area contributed by atoms with E-state index in [0.29, 0.717) is 16.3 Å². The van der Waals surface area contributed by atoms with Crippen molar-refractivity contribution in [1.29, 1.82) is 0 Å². The lowest BCUT2D eigenvalue weighted by Crippen LogP contribution is -2.32. The second kappa shape index (κ2) is 5.64. The van der Waals surface area contributed by atoms with Gasteiger partial charge in [-0.05, 0) is 30.4 Å². The quantitative estimate of drug-likeness (QED) is 0.559. The summed E-state index contributed by atoms with van der Waals surface area (Å²) in [6.45, 7) is -0.0686. The Balaban J connectivity index is 2.01. The summed E-state index contributed by atoms with van der Waals surface area (Å²) >= 11 is 11.0. The summed E-state index contributed by atoms with van der Waals surface area (Å²) in [6.07, 6.45) is -0.245. The predicted molar refractivity (Wildman–Crippen MR) is 86.7 cm³/mol. The average Bonchev–Trinajstić information content (AvgIpc) is 2.93. The highest BCUT2D eigenvalue weighted by atomic mass is 35.5. The van der Waals surface area contributed by atoms with E-state index in [0.717, 1.165) is 4.90 Å². The number of rotatable bonds is 3. The highest BCUT2D eigenvalue weighted by Crippen LogP contribution is 2.36.